The molecule has 18 heavy (non-hydrogen) atoms. The predicted octanol–water partition coefficient (Wildman–Crippen LogP) is -0.578. The van der Waals surface area contributed by atoms with Crippen LogP contribution in [0.25, 0.3) is 0 Å². The van der Waals surface area contributed by atoms with Crippen molar-refractivity contribution in [1.29, 1.82) is 0 Å². The molecule has 0 N–H and O–H groups in total. The molecule has 0 bridgehead atoms. The van der Waals surface area contributed by atoms with E-state index >= 15 is 0 Å². The van der Waals surface area contributed by atoms with Crippen molar-refractivity contribution in [3.63, 3.8) is 0 Å². The van der Waals surface area contributed by atoms with Gasteiger partial charge in [-0.3, -0.25) is 4.90 Å². The molecule has 2 saturated heterocycles. The molecule has 2 rings (SSSR count). The largest absolute Gasteiger partial charge is 0.515 e. The van der Waals surface area contributed by atoms with Gasteiger partial charge < -0.3 is 22.9 Å². The normalized spacial score (nSPS) is 27.7. The number of rotatable bonds is 3. The van der Waals surface area contributed by atoms with Crippen molar-refractivity contribution in [3.8, 4) is 0 Å². The molecule has 0 amide bonds. The first-order valence-electron chi connectivity index (χ1n) is 6.56. The Balaban J connectivity index is 1.89. The van der Waals surface area contributed by atoms with Gasteiger partial charge in [0.25, 0.3) is 0 Å². The molecule has 7 heteroatoms. The van der Waals surface area contributed by atoms with Gasteiger partial charge in [0.05, 0.1) is 32.6 Å². The van der Waals surface area contributed by atoms with Gasteiger partial charge in [0.2, 0.25) is 0 Å². The Kier molecular flexibility index (Phi) is 5.55. The van der Waals surface area contributed by atoms with E-state index in [1.165, 1.54) is 0 Å². The average Bonchev–Trinajstić information content (AvgIpc) is 2.36. The molecule has 6 nitrogen and oxygen atoms in total. The Morgan fingerprint density at radius 2 is 1.61 bits per heavy atom. The summed E-state index contributed by atoms with van der Waals surface area (Å²) < 4.78 is 22.7. The number of likely N-dealkylation sites (N-methyl/N-ethyl adjacent to an activating group) is 1. The molecule has 0 unspecified atom stereocenters. The third-order valence-corrected chi connectivity index (χ3v) is 6.17. The molecule has 0 atom stereocenters. The van der Waals surface area contributed by atoms with Crippen LogP contribution in [0.1, 0.15) is 0 Å². The molecule has 0 aromatic rings. The first kappa shape index (κ1) is 14.4. The number of hydrogen-bond acceptors (Lipinski definition) is 6. The van der Waals surface area contributed by atoms with Gasteiger partial charge in [0.1, 0.15) is 0 Å². The summed E-state index contributed by atoms with van der Waals surface area (Å²) in [6, 6.07) is 0. The van der Waals surface area contributed by atoms with Gasteiger partial charge in [-0.25, -0.2) is 0 Å². The summed E-state index contributed by atoms with van der Waals surface area (Å²) >= 11 is 0. The molecule has 2 aliphatic heterocycles. The van der Waals surface area contributed by atoms with E-state index in [2.05, 4.69) is 16.8 Å². The Morgan fingerprint density at radius 3 is 2.17 bits per heavy atom. The van der Waals surface area contributed by atoms with Crippen LogP contribution in [-0.4, -0.2) is 91.5 Å². The van der Waals surface area contributed by atoms with Crippen molar-refractivity contribution in [2.24, 2.45) is 0 Å². The second kappa shape index (κ2) is 6.95. The lowest BCUT2D eigenvalue weighted by atomic mass is 10.4. The standard InChI is InChI=1S/C11H24N2O4Si/c1-12-3-5-13(6-4-12)11-18(14-2)16-9-7-15-8-10-17-18/h3-11H2,1-2H3. The van der Waals surface area contributed by atoms with E-state index in [1.54, 1.807) is 7.11 Å². The predicted molar refractivity (Wildman–Crippen MR) is 69.4 cm³/mol. The summed E-state index contributed by atoms with van der Waals surface area (Å²) in [5.74, 6) is 0. The third-order valence-electron chi connectivity index (χ3n) is 3.42. The van der Waals surface area contributed by atoms with E-state index in [0.717, 1.165) is 32.3 Å². The topological polar surface area (TPSA) is 43.4 Å². The lowest BCUT2D eigenvalue weighted by Gasteiger charge is -2.37. The van der Waals surface area contributed by atoms with E-state index < -0.39 is 8.80 Å². The SMILES string of the molecule is CO[Si]1(CN2CCN(C)CC2)OCCOCCO1. The molecular formula is C11H24N2O4Si. The van der Waals surface area contributed by atoms with Crippen molar-refractivity contribution >= 4 is 8.80 Å². The smallest absolute Gasteiger partial charge is 0.377 e. The molecule has 0 radical (unpaired) electrons. The summed E-state index contributed by atoms with van der Waals surface area (Å²) in [6.07, 6.45) is 0.789. The summed E-state index contributed by atoms with van der Waals surface area (Å²) in [5.41, 5.74) is 0. The minimum absolute atomic E-state index is 0.563. The second-order valence-corrected chi connectivity index (χ2v) is 7.44. The molecule has 0 aromatic carbocycles. The minimum atomic E-state index is -2.52. The lowest BCUT2D eigenvalue weighted by Crippen LogP contribution is -2.59. The van der Waals surface area contributed by atoms with Crippen molar-refractivity contribution in [2.75, 3.05) is 72.9 Å². The van der Waals surface area contributed by atoms with E-state index in [-0.39, 0.29) is 0 Å². The lowest BCUT2D eigenvalue weighted by molar-refractivity contribution is -0.0169. The van der Waals surface area contributed by atoms with E-state index in [9.17, 15) is 0 Å². The third kappa shape index (κ3) is 3.99. The van der Waals surface area contributed by atoms with Crippen LogP contribution in [0.2, 0.25) is 0 Å². The quantitative estimate of drug-likeness (QED) is 0.643. The monoisotopic (exact) mass is 276 g/mol. The molecular weight excluding hydrogens is 252 g/mol. The maximum Gasteiger partial charge on any atom is 0.515 e. The Hall–Kier alpha value is -0.0231. The van der Waals surface area contributed by atoms with Crippen LogP contribution in [0.15, 0.2) is 0 Å². The summed E-state index contributed by atoms with van der Waals surface area (Å²) in [5, 5.41) is 0. The van der Waals surface area contributed by atoms with E-state index in [1.807, 2.05) is 0 Å². The molecule has 0 saturated carbocycles. The maximum absolute atomic E-state index is 5.86. The van der Waals surface area contributed by atoms with Gasteiger partial charge in [-0.15, -0.1) is 0 Å². The highest BCUT2D eigenvalue weighted by Crippen LogP contribution is 2.14. The van der Waals surface area contributed by atoms with Gasteiger partial charge in [0, 0.05) is 33.3 Å². The first-order valence-corrected chi connectivity index (χ1v) is 8.49. The number of ether oxygens (including phenoxy) is 1. The van der Waals surface area contributed by atoms with Gasteiger partial charge in [0.15, 0.2) is 0 Å². The highest BCUT2D eigenvalue weighted by Gasteiger charge is 2.43. The van der Waals surface area contributed by atoms with Crippen LogP contribution in [0, 0.1) is 0 Å². The second-order valence-electron chi connectivity index (χ2n) is 4.78. The van der Waals surface area contributed by atoms with Crippen LogP contribution in [0.3, 0.4) is 0 Å². The molecule has 0 aromatic heterocycles. The van der Waals surface area contributed by atoms with E-state index in [4.69, 9.17) is 18.0 Å². The number of nitrogens with zero attached hydrogens (tertiary/aromatic N) is 2. The molecule has 2 aliphatic rings. The fourth-order valence-corrected chi connectivity index (χ4v) is 4.49. The summed E-state index contributed by atoms with van der Waals surface area (Å²) in [4.78, 5) is 4.73. The fourth-order valence-electron chi connectivity index (χ4n) is 2.21. The van der Waals surface area contributed by atoms with Crippen molar-refractivity contribution in [3.05, 3.63) is 0 Å². The van der Waals surface area contributed by atoms with Crippen molar-refractivity contribution < 1.29 is 18.0 Å². The van der Waals surface area contributed by atoms with Gasteiger partial charge in [-0.1, -0.05) is 0 Å². The minimum Gasteiger partial charge on any atom is -0.377 e. The van der Waals surface area contributed by atoms with Crippen LogP contribution < -0.4 is 0 Å². The first-order chi connectivity index (χ1) is 8.74. The van der Waals surface area contributed by atoms with Crippen LogP contribution in [0.5, 0.6) is 0 Å². The zero-order valence-corrected chi connectivity index (χ0v) is 12.4. The zero-order chi connectivity index (χ0) is 12.8. The Bertz CT molecular complexity index is 241. The van der Waals surface area contributed by atoms with Crippen LogP contribution in [0.4, 0.5) is 0 Å². The van der Waals surface area contributed by atoms with Crippen LogP contribution >= 0.6 is 0 Å². The van der Waals surface area contributed by atoms with Gasteiger partial charge in [-0.2, -0.15) is 0 Å². The number of piperazine rings is 1. The number of hydrogen-bond donors (Lipinski definition) is 0. The zero-order valence-electron chi connectivity index (χ0n) is 11.4. The summed E-state index contributed by atoms with van der Waals surface area (Å²) in [7, 11) is 1.33. The molecule has 2 fully saturated rings. The maximum atomic E-state index is 5.86. The van der Waals surface area contributed by atoms with Crippen LogP contribution in [-0.2, 0) is 18.0 Å². The molecule has 0 aliphatic carbocycles. The molecule has 2 heterocycles. The van der Waals surface area contributed by atoms with Gasteiger partial charge in [-0.05, 0) is 7.05 Å². The fraction of sp³-hybridized carbons (Fsp3) is 1.00. The highest BCUT2D eigenvalue weighted by atomic mass is 28.4. The van der Waals surface area contributed by atoms with Crippen molar-refractivity contribution in [1.82, 2.24) is 9.80 Å². The summed E-state index contributed by atoms with van der Waals surface area (Å²) in [6.45, 7) is 6.68. The van der Waals surface area contributed by atoms with Crippen molar-refractivity contribution in [2.45, 2.75) is 0 Å². The molecule has 0 spiro atoms. The highest BCUT2D eigenvalue weighted by molar-refractivity contribution is 6.60. The average molecular weight is 276 g/mol. The Morgan fingerprint density at radius 1 is 1.00 bits per heavy atom. The molecule has 106 valence electrons. The Labute approximate surface area is 110 Å². The van der Waals surface area contributed by atoms with E-state index in [0.29, 0.717) is 26.4 Å². The van der Waals surface area contributed by atoms with Gasteiger partial charge >= 0.3 is 8.80 Å².